The van der Waals surface area contributed by atoms with E-state index in [-0.39, 0.29) is 11.9 Å². The lowest BCUT2D eigenvalue weighted by molar-refractivity contribution is -0.586. The van der Waals surface area contributed by atoms with Crippen LogP contribution >= 0.6 is 0 Å². The lowest BCUT2D eigenvalue weighted by Crippen LogP contribution is -2.31. The fourth-order valence-corrected chi connectivity index (χ4v) is 4.06. The van der Waals surface area contributed by atoms with Crippen LogP contribution in [-0.2, 0) is 14.8 Å². The normalized spacial score (nSPS) is 17.0. The third-order valence-corrected chi connectivity index (χ3v) is 6.30. The van der Waals surface area contributed by atoms with E-state index in [1.807, 2.05) is 6.07 Å². The number of fused-ring (bicyclic) bond motifs is 1. The average Bonchev–Trinajstić information content (AvgIpc) is 3.38. The molecule has 2 N–H and O–H groups in total. The molecule has 3 heterocycles. The third-order valence-electron chi connectivity index (χ3n) is 5.00. The molecule has 0 amide bonds. The Morgan fingerprint density at radius 1 is 1.31 bits per heavy atom. The summed E-state index contributed by atoms with van der Waals surface area (Å²) in [7, 11) is -3.42. The molecule has 1 fully saturated rings. The summed E-state index contributed by atoms with van der Waals surface area (Å²) >= 11 is 0. The SMILES string of the molecule is CCS(=O)(=O)Nc1ccc(OC2CCOC2)c(-c2cc(C)[n+]([O-])c3[nH]ccc23)c1. The summed E-state index contributed by atoms with van der Waals surface area (Å²) in [5, 5.41) is 13.1. The van der Waals surface area contributed by atoms with Crippen LogP contribution < -0.4 is 14.2 Å². The van der Waals surface area contributed by atoms with Crippen LogP contribution in [0.1, 0.15) is 19.0 Å². The largest absolute Gasteiger partial charge is 0.710 e. The molecule has 4 rings (SSSR count). The van der Waals surface area contributed by atoms with Crippen LogP contribution in [0.4, 0.5) is 5.69 Å². The number of hydrogen-bond donors (Lipinski definition) is 2. The van der Waals surface area contributed by atoms with E-state index < -0.39 is 10.0 Å². The summed E-state index contributed by atoms with van der Waals surface area (Å²) in [6, 6.07) is 8.79. The topological polar surface area (TPSA) is 107 Å². The van der Waals surface area contributed by atoms with Gasteiger partial charge in [-0.1, -0.05) is 0 Å². The summed E-state index contributed by atoms with van der Waals surface area (Å²) in [6.45, 7) is 4.47. The smallest absolute Gasteiger partial charge is 0.290 e. The lowest BCUT2D eigenvalue weighted by Gasteiger charge is -2.18. The van der Waals surface area contributed by atoms with Crippen molar-refractivity contribution in [1.82, 2.24) is 4.98 Å². The number of hydrogen-bond acceptors (Lipinski definition) is 5. The Hall–Kier alpha value is -2.78. The van der Waals surface area contributed by atoms with Crippen molar-refractivity contribution < 1.29 is 22.6 Å². The van der Waals surface area contributed by atoms with E-state index in [0.29, 0.717) is 41.6 Å². The number of aromatic amines is 1. The summed E-state index contributed by atoms with van der Waals surface area (Å²) < 4.78 is 39.1. The zero-order valence-corrected chi connectivity index (χ0v) is 17.1. The van der Waals surface area contributed by atoms with E-state index in [0.717, 1.165) is 22.1 Å². The molecule has 0 bridgehead atoms. The first-order chi connectivity index (χ1) is 13.9. The minimum atomic E-state index is -3.42. The number of benzene rings is 1. The van der Waals surface area contributed by atoms with Gasteiger partial charge < -0.3 is 14.7 Å². The summed E-state index contributed by atoms with van der Waals surface area (Å²) in [5.74, 6) is 0.591. The van der Waals surface area contributed by atoms with Gasteiger partial charge in [0.25, 0.3) is 5.65 Å². The van der Waals surface area contributed by atoms with Crippen LogP contribution in [0.25, 0.3) is 22.2 Å². The maximum Gasteiger partial charge on any atom is 0.290 e. The van der Waals surface area contributed by atoms with Crippen LogP contribution in [0.2, 0.25) is 0 Å². The van der Waals surface area contributed by atoms with Gasteiger partial charge in [-0.2, -0.15) is 0 Å². The van der Waals surface area contributed by atoms with Crippen molar-refractivity contribution in [3.63, 3.8) is 0 Å². The molecule has 3 aromatic rings. The molecular weight excluding hydrogens is 394 g/mol. The summed E-state index contributed by atoms with van der Waals surface area (Å²) in [6.07, 6.45) is 2.43. The van der Waals surface area contributed by atoms with Gasteiger partial charge in [0.2, 0.25) is 10.0 Å². The molecule has 1 unspecified atom stereocenters. The lowest BCUT2D eigenvalue weighted by atomic mass is 10.0. The number of H-pyrrole nitrogens is 1. The predicted octanol–water partition coefficient (Wildman–Crippen LogP) is 2.71. The Labute approximate surface area is 169 Å². The van der Waals surface area contributed by atoms with Crippen molar-refractivity contribution in [3.05, 3.63) is 47.4 Å². The van der Waals surface area contributed by atoms with Crippen molar-refractivity contribution in [1.29, 1.82) is 0 Å². The first kappa shape index (κ1) is 19.5. The van der Waals surface area contributed by atoms with E-state index in [4.69, 9.17) is 9.47 Å². The molecule has 1 aromatic carbocycles. The van der Waals surface area contributed by atoms with Gasteiger partial charge in [0.05, 0.1) is 30.5 Å². The number of aryl methyl sites for hydroxylation is 1. The number of anilines is 1. The maximum atomic E-state index is 12.4. The van der Waals surface area contributed by atoms with Crippen LogP contribution in [0.3, 0.4) is 0 Å². The van der Waals surface area contributed by atoms with Gasteiger partial charge in [0.15, 0.2) is 0 Å². The second kappa shape index (κ2) is 7.57. The standard InChI is InChI=1S/C20H23N3O5S/c1-3-29(25,26)22-14-4-5-19(28-15-7-9-27-12-15)18(11-14)17-10-13(2)23(24)20-16(17)6-8-21-20/h4-6,8,10-11,15,21-22H,3,7,9,12H2,1-2H3. The highest BCUT2D eigenvalue weighted by Crippen LogP contribution is 2.37. The highest BCUT2D eigenvalue weighted by molar-refractivity contribution is 7.92. The number of aromatic nitrogens is 2. The Morgan fingerprint density at radius 3 is 2.86 bits per heavy atom. The summed E-state index contributed by atoms with van der Waals surface area (Å²) in [5.41, 5.74) is 2.90. The van der Waals surface area contributed by atoms with E-state index in [1.165, 1.54) is 0 Å². The van der Waals surface area contributed by atoms with E-state index in [1.54, 1.807) is 44.3 Å². The maximum absolute atomic E-state index is 12.4. The van der Waals surface area contributed by atoms with Crippen molar-refractivity contribution in [2.45, 2.75) is 26.4 Å². The monoisotopic (exact) mass is 417 g/mol. The molecule has 1 saturated heterocycles. The Balaban J connectivity index is 1.86. The second-order valence-corrected chi connectivity index (χ2v) is 9.06. The first-order valence-electron chi connectivity index (χ1n) is 9.47. The third kappa shape index (κ3) is 3.88. The van der Waals surface area contributed by atoms with Crippen molar-refractivity contribution in [3.8, 4) is 16.9 Å². The Kier molecular flexibility index (Phi) is 5.10. The molecule has 1 atom stereocenters. The Bertz CT molecular complexity index is 1150. The highest BCUT2D eigenvalue weighted by Gasteiger charge is 2.22. The molecule has 0 saturated carbocycles. The molecule has 0 aliphatic carbocycles. The predicted molar refractivity (Wildman–Crippen MR) is 110 cm³/mol. The summed E-state index contributed by atoms with van der Waals surface area (Å²) in [4.78, 5) is 2.97. The van der Waals surface area contributed by atoms with Crippen molar-refractivity contribution >= 4 is 26.7 Å². The number of nitrogens with zero attached hydrogens (tertiary/aromatic N) is 1. The minimum absolute atomic E-state index is 0.0251. The van der Waals surface area contributed by atoms with E-state index in [2.05, 4.69) is 9.71 Å². The fraction of sp³-hybridized carbons (Fsp3) is 0.350. The molecule has 1 aliphatic rings. The van der Waals surface area contributed by atoms with Gasteiger partial charge in [-0.05, 0) is 44.2 Å². The molecule has 9 heteroatoms. The molecule has 0 radical (unpaired) electrons. The van der Waals surface area contributed by atoms with Gasteiger partial charge in [-0.15, -0.1) is 0 Å². The zero-order valence-electron chi connectivity index (χ0n) is 16.3. The quantitative estimate of drug-likeness (QED) is 0.474. The van der Waals surface area contributed by atoms with Crippen molar-refractivity contribution in [2.75, 3.05) is 23.7 Å². The average molecular weight is 417 g/mol. The number of nitrogens with one attached hydrogen (secondary N) is 2. The van der Waals surface area contributed by atoms with Gasteiger partial charge in [-0.3, -0.25) is 4.72 Å². The van der Waals surface area contributed by atoms with Crippen LogP contribution in [0.5, 0.6) is 5.75 Å². The van der Waals surface area contributed by atoms with Crippen LogP contribution in [0, 0.1) is 12.1 Å². The number of sulfonamides is 1. The van der Waals surface area contributed by atoms with Gasteiger partial charge in [-0.25, -0.2) is 18.1 Å². The molecule has 0 spiro atoms. The van der Waals surface area contributed by atoms with Crippen molar-refractivity contribution in [2.24, 2.45) is 0 Å². The number of ether oxygens (including phenoxy) is 2. The fourth-order valence-electron chi connectivity index (χ4n) is 3.43. The molecular formula is C20H23N3O5S. The molecule has 2 aromatic heterocycles. The van der Waals surface area contributed by atoms with E-state index >= 15 is 0 Å². The van der Waals surface area contributed by atoms with Gasteiger partial charge >= 0.3 is 0 Å². The highest BCUT2D eigenvalue weighted by atomic mass is 32.2. The van der Waals surface area contributed by atoms with Gasteiger partial charge in [0.1, 0.15) is 17.5 Å². The number of pyridine rings is 1. The minimum Gasteiger partial charge on any atom is -0.710 e. The van der Waals surface area contributed by atoms with E-state index in [9.17, 15) is 13.6 Å². The van der Waals surface area contributed by atoms with Gasteiger partial charge in [0, 0.05) is 23.2 Å². The number of rotatable bonds is 6. The second-order valence-electron chi connectivity index (χ2n) is 7.05. The molecule has 154 valence electrons. The molecule has 1 aliphatic heterocycles. The first-order valence-corrected chi connectivity index (χ1v) is 11.1. The Morgan fingerprint density at radius 2 is 2.14 bits per heavy atom. The molecule has 29 heavy (non-hydrogen) atoms. The van der Waals surface area contributed by atoms with Crippen LogP contribution in [0.15, 0.2) is 36.5 Å². The molecule has 8 nitrogen and oxygen atoms in total. The van der Waals surface area contributed by atoms with Crippen LogP contribution in [-0.4, -0.2) is 38.5 Å². The zero-order chi connectivity index (χ0) is 20.6.